The van der Waals surface area contributed by atoms with Gasteiger partial charge in [0.25, 0.3) is 0 Å². The van der Waals surface area contributed by atoms with Gasteiger partial charge in [-0.3, -0.25) is 0 Å². The summed E-state index contributed by atoms with van der Waals surface area (Å²) in [6.45, 7) is 3.62. The molecule has 0 aliphatic rings. The van der Waals surface area contributed by atoms with Gasteiger partial charge < -0.3 is 14.6 Å². The van der Waals surface area contributed by atoms with Crippen molar-refractivity contribution in [2.45, 2.75) is 32.0 Å². The number of aliphatic hydroxyl groups is 1. The second-order valence-electron chi connectivity index (χ2n) is 4.37. The molecule has 0 radical (unpaired) electrons. The predicted octanol–water partition coefficient (Wildman–Crippen LogP) is 2.79. The maximum absolute atomic E-state index is 10.4. The predicted molar refractivity (Wildman–Crippen MR) is 71.5 cm³/mol. The van der Waals surface area contributed by atoms with Gasteiger partial charge in [-0.25, -0.2) is 0 Å². The van der Waals surface area contributed by atoms with Crippen molar-refractivity contribution >= 4 is 15.9 Å². The van der Waals surface area contributed by atoms with E-state index in [2.05, 4.69) is 15.9 Å². The van der Waals surface area contributed by atoms with E-state index >= 15 is 0 Å². The third-order valence-electron chi connectivity index (χ3n) is 3.02. The monoisotopic (exact) mass is 302 g/mol. The van der Waals surface area contributed by atoms with E-state index in [1.807, 2.05) is 25.1 Å². The van der Waals surface area contributed by atoms with Gasteiger partial charge in [0.1, 0.15) is 5.75 Å². The third-order valence-corrected chi connectivity index (χ3v) is 3.51. The number of rotatable bonds is 5. The van der Waals surface area contributed by atoms with Gasteiger partial charge >= 0.3 is 0 Å². The molecule has 2 unspecified atom stereocenters. The van der Waals surface area contributed by atoms with E-state index in [4.69, 9.17) is 9.47 Å². The van der Waals surface area contributed by atoms with Crippen LogP contribution in [0.4, 0.5) is 0 Å². The SMILES string of the molecule is COc1ccc(Br)cc1CC(C)(O)C(C)OC. The lowest BCUT2D eigenvalue weighted by atomic mass is 9.91. The van der Waals surface area contributed by atoms with Gasteiger partial charge in [-0.05, 0) is 37.6 Å². The molecule has 0 aliphatic carbocycles. The van der Waals surface area contributed by atoms with Crippen molar-refractivity contribution in [2.24, 2.45) is 0 Å². The van der Waals surface area contributed by atoms with Crippen molar-refractivity contribution in [2.75, 3.05) is 14.2 Å². The number of hydrogen-bond donors (Lipinski definition) is 1. The van der Waals surface area contributed by atoms with E-state index in [1.54, 1.807) is 21.1 Å². The molecule has 0 heterocycles. The molecule has 0 saturated carbocycles. The first-order chi connectivity index (χ1) is 7.90. The van der Waals surface area contributed by atoms with Crippen LogP contribution < -0.4 is 4.74 Å². The first-order valence-corrected chi connectivity index (χ1v) is 6.27. The van der Waals surface area contributed by atoms with Crippen LogP contribution in [0.25, 0.3) is 0 Å². The quantitative estimate of drug-likeness (QED) is 0.909. The third kappa shape index (κ3) is 3.69. The molecule has 1 aromatic rings. The van der Waals surface area contributed by atoms with E-state index in [-0.39, 0.29) is 6.10 Å². The fourth-order valence-corrected chi connectivity index (χ4v) is 2.08. The summed E-state index contributed by atoms with van der Waals surface area (Å²) in [6, 6.07) is 5.75. The molecule has 0 aromatic heterocycles. The zero-order chi connectivity index (χ0) is 13.1. The van der Waals surface area contributed by atoms with Crippen LogP contribution in [-0.4, -0.2) is 31.0 Å². The summed E-state index contributed by atoms with van der Waals surface area (Å²) >= 11 is 3.42. The Bertz CT molecular complexity index is 377. The van der Waals surface area contributed by atoms with Gasteiger partial charge in [-0.2, -0.15) is 0 Å². The Morgan fingerprint density at radius 2 is 2.06 bits per heavy atom. The maximum Gasteiger partial charge on any atom is 0.122 e. The number of methoxy groups -OCH3 is 2. The number of ether oxygens (including phenoxy) is 2. The van der Waals surface area contributed by atoms with Crippen LogP contribution in [-0.2, 0) is 11.2 Å². The highest BCUT2D eigenvalue weighted by atomic mass is 79.9. The summed E-state index contributed by atoms with van der Waals surface area (Å²) in [5.74, 6) is 0.775. The van der Waals surface area contributed by atoms with Crippen LogP contribution in [0.3, 0.4) is 0 Å². The Morgan fingerprint density at radius 1 is 1.41 bits per heavy atom. The highest BCUT2D eigenvalue weighted by molar-refractivity contribution is 9.10. The van der Waals surface area contributed by atoms with Gasteiger partial charge in [-0.15, -0.1) is 0 Å². The normalized spacial score (nSPS) is 16.4. The Kier molecular flexibility index (Phi) is 4.98. The molecular weight excluding hydrogens is 284 g/mol. The van der Waals surface area contributed by atoms with Crippen LogP contribution in [0.5, 0.6) is 5.75 Å². The van der Waals surface area contributed by atoms with Crippen LogP contribution in [0, 0.1) is 0 Å². The van der Waals surface area contributed by atoms with E-state index < -0.39 is 5.60 Å². The first-order valence-electron chi connectivity index (χ1n) is 5.48. The molecule has 1 rings (SSSR count). The topological polar surface area (TPSA) is 38.7 Å². The molecule has 17 heavy (non-hydrogen) atoms. The Hall–Kier alpha value is -0.580. The number of benzene rings is 1. The van der Waals surface area contributed by atoms with Gasteiger partial charge in [0.2, 0.25) is 0 Å². The summed E-state index contributed by atoms with van der Waals surface area (Å²) in [6.07, 6.45) is 0.233. The summed E-state index contributed by atoms with van der Waals surface area (Å²) in [5.41, 5.74) is 0.0267. The average molecular weight is 303 g/mol. The molecule has 96 valence electrons. The Labute approximate surface area is 111 Å². The van der Waals surface area contributed by atoms with Crippen LogP contribution >= 0.6 is 15.9 Å². The largest absolute Gasteiger partial charge is 0.496 e. The lowest BCUT2D eigenvalue weighted by Gasteiger charge is -2.29. The zero-order valence-electron chi connectivity index (χ0n) is 10.7. The molecule has 2 atom stereocenters. The molecule has 3 nitrogen and oxygen atoms in total. The summed E-state index contributed by atoms with van der Waals surface area (Å²) in [4.78, 5) is 0. The molecule has 1 N–H and O–H groups in total. The van der Waals surface area contributed by atoms with E-state index in [1.165, 1.54) is 0 Å². The minimum atomic E-state index is -0.928. The van der Waals surface area contributed by atoms with Crippen molar-refractivity contribution in [1.29, 1.82) is 0 Å². The molecule has 0 saturated heterocycles. The summed E-state index contributed by atoms with van der Waals surface area (Å²) in [5, 5.41) is 10.4. The lowest BCUT2D eigenvalue weighted by Crippen LogP contribution is -2.40. The number of halogens is 1. The average Bonchev–Trinajstić information content (AvgIpc) is 2.27. The smallest absolute Gasteiger partial charge is 0.122 e. The van der Waals surface area contributed by atoms with Gasteiger partial charge in [0.15, 0.2) is 0 Å². The lowest BCUT2D eigenvalue weighted by molar-refractivity contribution is -0.0718. The molecule has 1 aromatic carbocycles. The fraction of sp³-hybridized carbons (Fsp3) is 0.538. The van der Waals surface area contributed by atoms with Crippen LogP contribution in [0.2, 0.25) is 0 Å². The molecule has 0 bridgehead atoms. The van der Waals surface area contributed by atoms with E-state index in [0.29, 0.717) is 6.42 Å². The molecule has 0 aliphatic heterocycles. The minimum absolute atomic E-state index is 0.244. The van der Waals surface area contributed by atoms with Crippen molar-refractivity contribution in [3.63, 3.8) is 0 Å². The van der Waals surface area contributed by atoms with Gasteiger partial charge in [-0.1, -0.05) is 15.9 Å². The first kappa shape index (κ1) is 14.5. The molecule has 0 amide bonds. The molecular formula is C13H19BrO3. The zero-order valence-corrected chi connectivity index (χ0v) is 12.2. The summed E-state index contributed by atoms with van der Waals surface area (Å²) in [7, 11) is 3.22. The van der Waals surface area contributed by atoms with Crippen molar-refractivity contribution < 1.29 is 14.6 Å². The Balaban J connectivity index is 2.97. The van der Waals surface area contributed by atoms with Gasteiger partial charge in [0, 0.05) is 18.0 Å². The molecule has 4 heteroatoms. The van der Waals surface area contributed by atoms with Crippen molar-refractivity contribution in [3.05, 3.63) is 28.2 Å². The highest BCUT2D eigenvalue weighted by Gasteiger charge is 2.29. The molecule has 0 fully saturated rings. The van der Waals surface area contributed by atoms with Crippen molar-refractivity contribution in [1.82, 2.24) is 0 Å². The maximum atomic E-state index is 10.4. The van der Waals surface area contributed by atoms with Crippen molar-refractivity contribution in [3.8, 4) is 5.75 Å². The van der Waals surface area contributed by atoms with E-state index in [0.717, 1.165) is 15.8 Å². The Morgan fingerprint density at radius 3 is 2.59 bits per heavy atom. The molecule has 0 spiro atoms. The van der Waals surface area contributed by atoms with Gasteiger partial charge in [0.05, 0.1) is 18.8 Å². The minimum Gasteiger partial charge on any atom is -0.496 e. The standard InChI is InChI=1S/C13H19BrO3/c1-9(16-3)13(2,15)8-10-7-11(14)5-6-12(10)17-4/h5-7,9,15H,8H2,1-4H3. The second-order valence-corrected chi connectivity index (χ2v) is 5.28. The number of hydrogen-bond acceptors (Lipinski definition) is 3. The summed E-state index contributed by atoms with van der Waals surface area (Å²) < 4.78 is 11.4. The highest BCUT2D eigenvalue weighted by Crippen LogP contribution is 2.28. The van der Waals surface area contributed by atoms with Crippen LogP contribution in [0.15, 0.2) is 22.7 Å². The second kappa shape index (κ2) is 5.85. The van der Waals surface area contributed by atoms with E-state index in [9.17, 15) is 5.11 Å². The van der Waals surface area contributed by atoms with Crippen LogP contribution in [0.1, 0.15) is 19.4 Å². The fourth-order valence-electron chi connectivity index (χ4n) is 1.67.